The Hall–Kier alpha value is -2.45. The zero-order valence-electron chi connectivity index (χ0n) is 11.4. The predicted octanol–water partition coefficient (Wildman–Crippen LogP) is -0.173. The van der Waals surface area contributed by atoms with E-state index in [4.69, 9.17) is 19.7 Å². The number of hydrogen-bond acceptors (Lipinski definition) is 7. The molecule has 0 aromatic heterocycles. The van der Waals surface area contributed by atoms with E-state index in [1.54, 1.807) is 0 Å². The summed E-state index contributed by atoms with van der Waals surface area (Å²) >= 11 is 0. The number of carbonyl (C=O) groups is 4. The molecular formula is C12H15NO8. The minimum absolute atomic E-state index is 0.260. The third-order valence-electron chi connectivity index (χ3n) is 2.53. The molecule has 0 spiro atoms. The van der Waals surface area contributed by atoms with Crippen LogP contribution >= 0.6 is 0 Å². The number of nitrogens with zero attached hydrogens (tertiary/aromatic N) is 1. The van der Waals surface area contributed by atoms with E-state index >= 15 is 0 Å². The van der Waals surface area contributed by atoms with E-state index in [-0.39, 0.29) is 6.42 Å². The Balaban J connectivity index is 2.76. The summed E-state index contributed by atoms with van der Waals surface area (Å²) in [6.45, 7) is 2.76. The number of aliphatic imine (C=N–C) groups is 1. The Morgan fingerprint density at radius 3 is 2.24 bits per heavy atom. The summed E-state index contributed by atoms with van der Waals surface area (Å²) in [6.07, 6.45) is 0.158. The molecule has 21 heavy (non-hydrogen) atoms. The molecule has 0 aromatic carbocycles. The van der Waals surface area contributed by atoms with Crippen LogP contribution < -0.4 is 0 Å². The van der Waals surface area contributed by atoms with Gasteiger partial charge < -0.3 is 19.7 Å². The topological polar surface area (TPSA) is 140 Å². The lowest BCUT2D eigenvalue weighted by atomic mass is 10.1. The van der Waals surface area contributed by atoms with E-state index < -0.39 is 48.0 Å². The van der Waals surface area contributed by atoms with Crippen molar-refractivity contribution in [3.05, 3.63) is 0 Å². The van der Waals surface area contributed by atoms with Crippen molar-refractivity contribution in [1.29, 1.82) is 0 Å². The fraction of sp³-hybridized carbons (Fsp3) is 0.583. The van der Waals surface area contributed by atoms with Crippen molar-refractivity contribution in [3.8, 4) is 0 Å². The molecule has 1 aliphatic rings. The van der Waals surface area contributed by atoms with Crippen molar-refractivity contribution in [2.75, 3.05) is 0 Å². The van der Waals surface area contributed by atoms with Gasteiger partial charge >= 0.3 is 23.9 Å². The maximum atomic E-state index is 11.6. The number of carboxylic acid groups (broad SMARTS) is 2. The molecule has 0 unspecified atom stereocenters. The van der Waals surface area contributed by atoms with Crippen LogP contribution in [0.3, 0.4) is 0 Å². The minimum atomic E-state index is -1.45. The Labute approximate surface area is 119 Å². The first-order valence-electron chi connectivity index (χ1n) is 6.06. The number of carbonyl (C=O) groups excluding carboxylic acids is 2. The maximum Gasteiger partial charge on any atom is 0.329 e. The van der Waals surface area contributed by atoms with Crippen LogP contribution in [0.2, 0.25) is 0 Å². The Morgan fingerprint density at radius 2 is 1.81 bits per heavy atom. The number of ether oxygens (including phenoxy) is 2. The molecule has 0 aromatic rings. The van der Waals surface area contributed by atoms with Crippen molar-refractivity contribution in [2.45, 2.75) is 38.5 Å². The third-order valence-corrected chi connectivity index (χ3v) is 2.53. The maximum absolute atomic E-state index is 11.6. The molecule has 1 saturated heterocycles. The van der Waals surface area contributed by atoms with Gasteiger partial charge in [0, 0.05) is 26.5 Å². The summed E-state index contributed by atoms with van der Waals surface area (Å²) in [5, 5.41) is 17.4. The van der Waals surface area contributed by atoms with Gasteiger partial charge in [0.25, 0.3) is 5.79 Å². The van der Waals surface area contributed by atoms with Gasteiger partial charge in [-0.15, -0.1) is 0 Å². The largest absolute Gasteiger partial charge is 0.481 e. The molecule has 0 aliphatic carbocycles. The van der Waals surface area contributed by atoms with Crippen LogP contribution in [-0.4, -0.2) is 52.1 Å². The van der Waals surface area contributed by atoms with Crippen molar-refractivity contribution in [3.63, 3.8) is 0 Å². The fourth-order valence-corrected chi connectivity index (χ4v) is 1.56. The monoisotopic (exact) mass is 301 g/mol. The molecule has 1 heterocycles. The SMILES string of the molecule is CC1(C)OC(=O)C(C=N[C@@H](CCC(=O)O)C(=O)O)C(=O)O1. The minimum Gasteiger partial charge on any atom is -0.481 e. The van der Waals surface area contributed by atoms with Gasteiger partial charge in [0.15, 0.2) is 5.92 Å². The van der Waals surface area contributed by atoms with E-state index in [2.05, 4.69) is 4.99 Å². The molecule has 116 valence electrons. The highest BCUT2D eigenvalue weighted by molar-refractivity contribution is 6.10. The van der Waals surface area contributed by atoms with Crippen LogP contribution in [0.5, 0.6) is 0 Å². The first kappa shape index (κ1) is 16.6. The molecule has 1 fully saturated rings. The highest BCUT2D eigenvalue weighted by atomic mass is 16.7. The smallest absolute Gasteiger partial charge is 0.329 e. The van der Waals surface area contributed by atoms with Gasteiger partial charge in [0.1, 0.15) is 6.04 Å². The quantitative estimate of drug-likeness (QED) is 0.391. The predicted molar refractivity (Wildman–Crippen MR) is 66.5 cm³/mol. The molecule has 0 bridgehead atoms. The Bertz CT molecular complexity index is 475. The summed E-state index contributed by atoms with van der Waals surface area (Å²) in [4.78, 5) is 48.1. The molecule has 0 saturated carbocycles. The summed E-state index contributed by atoms with van der Waals surface area (Å²) in [6, 6.07) is -1.36. The number of cyclic esters (lactones) is 2. The van der Waals surface area contributed by atoms with Crippen molar-refractivity contribution >= 4 is 30.1 Å². The van der Waals surface area contributed by atoms with Crippen molar-refractivity contribution in [1.82, 2.24) is 0 Å². The van der Waals surface area contributed by atoms with Crippen LogP contribution in [0.15, 0.2) is 4.99 Å². The fourth-order valence-electron chi connectivity index (χ4n) is 1.56. The van der Waals surface area contributed by atoms with Gasteiger partial charge in [-0.2, -0.15) is 0 Å². The average Bonchev–Trinajstić information content (AvgIpc) is 2.29. The molecule has 9 heteroatoms. The van der Waals surface area contributed by atoms with Crippen LogP contribution in [0.25, 0.3) is 0 Å². The lowest BCUT2D eigenvalue weighted by molar-refractivity contribution is -0.235. The van der Waals surface area contributed by atoms with Gasteiger partial charge in [0.2, 0.25) is 0 Å². The molecule has 1 rings (SSSR count). The molecule has 2 N–H and O–H groups in total. The molecule has 0 amide bonds. The highest BCUT2D eigenvalue weighted by Crippen LogP contribution is 2.22. The number of aliphatic carboxylic acids is 2. The average molecular weight is 301 g/mol. The summed E-state index contributed by atoms with van der Waals surface area (Å²) in [7, 11) is 0. The van der Waals surface area contributed by atoms with Crippen molar-refractivity contribution < 1.29 is 38.9 Å². The summed E-state index contributed by atoms with van der Waals surface area (Å²) < 4.78 is 9.67. The number of esters is 2. The first-order valence-corrected chi connectivity index (χ1v) is 6.06. The summed E-state index contributed by atoms with van der Waals surface area (Å²) in [5.41, 5.74) is 0. The zero-order valence-corrected chi connectivity index (χ0v) is 11.4. The first-order chi connectivity index (χ1) is 9.62. The Kier molecular flexibility index (Phi) is 5.01. The normalized spacial score (nSPS) is 19.9. The molecule has 9 nitrogen and oxygen atoms in total. The van der Waals surface area contributed by atoms with Gasteiger partial charge in [-0.25, -0.2) is 4.79 Å². The van der Waals surface area contributed by atoms with Gasteiger partial charge in [-0.3, -0.25) is 19.4 Å². The standard InChI is InChI=1S/C12H15NO8/c1-12(2)20-10(18)6(11(19)21-12)5-13-7(9(16)17)3-4-8(14)15/h5-7H,3-4H2,1-2H3,(H,14,15)(H,16,17)/t7-/m0/s1. The second kappa shape index (κ2) is 6.33. The van der Waals surface area contributed by atoms with E-state index in [1.165, 1.54) is 13.8 Å². The van der Waals surface area contributed by atoms with Crippen LogP contribution in [0.1, 0.15) is 26.7 Å². The lowest BCUT2D eigenvalue weighted by Gasteiger charge is -2.31. The lowest BCUT2D eigenvalue weighted by Crippen LogP contribution is -2.47. The summed E-state index contributed by atoms with van der Waals surface area (Å²) in [5.74, 6) is -7.16. The molecule has 0 radical (unpaired) electrons. The van der Waals surface area contributed by atoms with E-state index in [0.717, 1.165) is 6.21 Å². The molecular weight excluding hydrogens is 286 g/mol. The number of rotatable bonds is 6. The van der Waals surface area contributed by atoms with Gasteiger partial charge in [-0.1, -0.05) is 0 Å². The molecule has 1 atom stereocenters. The van der Waals surface area contributed by atoms with E-state index in [1.807, 2.05) is 0 Å². The highest BCUT2D eigenvalue weighted by Gasteiger charge is 2.42. The number of hydrogen-bond donors (Lipinski definition) is 2. The van der Waals surface area contributed by atoms with Crippen LogP contribution in [0, 0.1) is 5.92 Å². The van der Waals surface area contributed by atoms with Crippen LogP contribution in [0.4, 0.5) is 0 Å². The molecule has 1 aliphatic heterocycles. The Morgan fingerprint density at radius 1 is 1.29 bits per heavy atom. The number of carboxylic acids is 2. The van der Waals surface area contributed by atoms with E-state index in [9.17, 15) is 19.2 Å². The second-order valence-corrected chi connectivity index (χ2v) is 4.80. The second-order valence-electron chi connectivity index (χ2n) is 4.80. The zero-order chi connectivity index (χ0) is 16.2. The van der Waals surface area contributed by atoms with E-state index in [0.29, 0.717) is 0 Å². The van der Waals surface area contributed by atoms with Gasteiger partial charge in [-0.05, 0) is 6.42 Å². The van der Waals surface area contributed by atoms with Crippen LogP contribution in [-0.2, 0) is 28.7 Å². The third kappa shape index (κ3) is 4.86. The van der Waals surface area contributed by atoms with Crippen molar-refractivity contribution in [2.24, 2.45) is 10.9 Å². The van der Waals surface area contributed by atoms with Gasteiger partial charge in [0.05, 0.1) is 0 Å².